The van der Waals surface area contributed by atoms with Crippen molar-refractivity contribution in [2.24, 2.45) is 0 Å². The predicted octanol–water partition coefficient (Wildman–Crippen LogP) is 4.39. The van der Waals surface area contributed by atoms with Gasteiger partial charge in [-0.2, -0.15) is 9.98 Å². The van der Waals surface area contributed by atoms with Crippen LogP contribution in [0.4, 0.5) is 0 Å². The minimum Gasteiger partial charge on any atom is -0.339 e. The highest BCUT2D eigenvalue weighted by Crippen LogP contribution is 2.25. The third-order valence-electron chi connectivity index (χ3n) is 6.54. The van der Waals surface area contributed by atoms with Gasteiger partial charge in [0.25, 0.3) is 0 Å². The fraction of sp³-hybridized carbons (Fsp3) is 0.333. The van der Waals surface area contributed by atoms with Crippen molar-refractivity contribution >= 4 is 26.7 Å². The normalized spacial score (nSPS) is 15.2. The van der Waals surface area contributed by atoms with Gasteiger partial charge in [0, 0.05) is 12.6 Å². The number of hydrogen-bond acceptors (Lipinski definition) is 4. The zero-order chi connectivity index (χ0) is 24.1. The van der Waals surface area contributed by atoms with E-state index in [1.54, 1.807) is 42.5 Å². The van der Waals surface area contributed by atoms with Crippen LogP contribution in [0.5, 0.6) is 0 Å². The number of nitriles is 1. The maximum atomic E-state index is 13.7. The molecule has 7 heteroatoms. The Morgan fingerprint density at radius 2 is 1.74 bits per heavy atom. The molecule has 3 aromatic carbocycles. The van der Waals surface area contributed by atoms with Crippen LogP contribution in [-0.4, -0.2) is 37.9 Å². The summed E-state index contributed by atoms with van der Waals surface area (Å²) in [6, 6.07) is 20.7. The Kier molecular flexibility index (Phi) is 7.30. The van der Waals surface area contributed by atoms with Gasteiger partial charge in [-0.15, -0.1) is 0 Å². The van der Waals surface area contributed by atoms with Gasteiger partial charge in [-0.1, -0.05) is 55.3 Å². The average molecular weight is 476 g/mol. The zero-order valence-corrected chi connectivity index (χ0v) is 20.1. The first-order chi connectivity index (χ1) is 16.4. The molecule has 0 radical (unpaired) electrons. The number of amides is 1. The van der Waals surface area contributed by atoms with E-state index in [0.29, 0.717) is 12.1 Å². The molecule has 0 saturated heterocycles. The van der Waals surface area contributed by atoms with Gasteiger partial charge in [0.1, 0.15) is 6.04 Å². The number of carbonyl (C=O) groups excluding carboxylic acids is 1. The Bertz CT molecular complexity index is 1310. The van der Waals surface area contributed by atoms with Crippen LogP contribution < -0.4 is 4.72 Å². The van der Waals surface area contributed by atoms with Crippen molar-refractivity contribution < 1.29 is 13.2 Å². The molecule has 0 spiro atoms. The van der Waals surface area contributed by atoms with Crippen LogP contribution in [0.25, 0.3) is 10.8 Å². The van der Waals surface area contributed by atoms with E-state index in [1.807, 2.05) is 36.1 Å². The maximum absolute atomic E-state index is 13.7. The summed E-state index contributed by atoms with van der Waals surface area (Å²) in [5.74, 6) is -0.205. The second-order valence-electron chi connectivity index (χ2n) is 8.76. The van der Waals surface area contributed by atoms with E-state index >= 15 is 0 Å². The Morgan fingerprint density at radius 3 is 2.38 bits per heavy atom. The standard InChI is InChI=1S/C27H29N3O3S/c1-2-30(24-9-5-6-10-24)27(31)26(17-20-11-13-21(19-28)14-12-20)29-34(32,33)25-16-15-22-7-3-4-8-23(22)18-25/h3-4,7-8,11-16,18,24,26,29H,2,5-6,9-10,17H2,1H3/t26-/m0/s1. The van der Waals surface area contributed by atoms with Crippen molar-refractivity contribution in [3.05, 3.63) is 77.9 Å². The summed E-state index contributed by atoms with van der Waals surface area (Å²) in [5, 5.41) is 10.8. The lowest BCUT2D eigenvalue weighted by Crippen LogP contribution is -2.52. The van der Waals surface area contributed by atoms with Crippen molar-refractivity contribution in [3.63, 3.8) is 0 Å². The van der Waals surface area contributed by atoms with Gasteiger partial charge in [-0.25, -0.2) is 8.42 Å². The molecule has 1 N–H and O–H groups in total. The smallest absolute Gasteiger partial charge is 0.241 e. The van der Waals surface area contributed by atoms with Crippen LogP contribution in [0.2, 0.25) is 0 Å². The maximum Gasteiger partial charge on any atom is 0.241 e. The Balaban J connectivity index is 1.65. The van der Waals surface area contributed by atoms with Crippen molar-refractivity contribution in [1.29, 1.82) is 5.26 Å². The van der Waals surface area contributed by atoms with Crippen molar-refractivity contribution in [1.82, 2.24) is 9.62 Å². The van der Waals surface area contributed by atoms with Crippen LogP contribution >= 0.6 is 0 Å². The number of benzene rings is 3. The van der Waals surface area contributed by atoms with E-state index in [4.69, 9.17) is 5.26 Å². The second kappa shape index (κ2) is 10.4. The third-order valence-corrected chi connectivity index (χ3v) is 8.01. The van der Waals surface area contributed by atoms with E-state index in [2.05, 4.69) is 10.8 Å². The van der Waals surface area contributed by atoms with Crippen LogP contribution in [0.1, 0.15) is 43.7 Å². The molecule has 0 unspecified atom stereocenters. The lowest BCUT2D eigenvalue weighted by atomic mass is 10.0. The van der Waals surface area contributed by atoms with Crippen molar-refractivity contribution in [2.75, 3.05) is 6.54 Å². The molecule has 34 heavy (non-hydrogen) atoms. The molecule has 6 nitrogen and oxygen atoms in total. The second-order valence-corrected chi connectivity index (χ2v) is 10.5. The molecule has 0 heterocycles. The molecule has 176 valence electrons. The number of hydrogen-bond donors (Lipinski definition) is 1. The number of nitrogens with one attached hydrogen (secondary N) is 1. The first-order valence-corrected chi connectivity index (χ1v) is 13.2. The molecule has 0 aromatic heterocycles. The number of fused-ring (bicyclic) bond motifs is 1. The highest BCUT2D eigenvalue weighted by molar-refractivity contribution is 7.89. The molecule has 1 amide bonds. The van der Waals surface area contributed by atoms with E-state index in [-0.39, 0.29) is 23.3 Å². The van der Waals surface area contributed by atoms with Crippen molar-refractivity contribution in [3.8, 4) is 6.07 Å². The molecule has 0 aliphatic heterocycles. The molecule has 1 saturated carbocycles. The van der Waals surface area contributed by atoms with Gasteiger partial charge in [-0.05, 0) is 66.8 Å². The first kappa shape index (κ1) is 23.9. The molecule has 3 aromatic rings. The molecule has 1 fully saturated rings. The Hall–Kier alpha value is -3.21. The topological polar surface area (TPSA) is 90.3 Å². The largest absolute Gasteiger partial charge is 0.339 e. The quantitative estimate of drug-likeness (QED) is 0.523. The number of likely N-dealkylation sites (N-methyl/N-ethyl adjacent to an activating group) is 1. The van der Waals surface area contributed by atoms with Crippen molar-refractivity contribution in [2.45, 2.75) is 56.0 Å². The molecule has 1 aliphatic rings. The fourth-order valence-corrected chi connectivity index (χ4v) is 5.95. The highest BCUT2D eigenvalue weighted by atomic mass is 32.2. The summed E-state index contributed by atoms with van der Waals surface area (Å²) in [6.45, 7) is 2.47. The lowest BCUT2D eigenvalue weighted by Gasteiger charge is -2.31. The monoisotopic (exact) mass is 475 g/mol. The first-order valence-electron chi connectivity index (χ1n) is 11.7. The summed E-state index contributed by atoms with van der Waals surface area (Å²) < 4.78 is 29.5. The van der Waals surface area contributed by atoms with Gasteiger partial charge in [-0.3, -0.25) is 4.79 Å². The van der Waals surface area contributed by atoms with Gasteiger partial charge in [0.2, 0.25) is 15.9 Å². The summed E-state index contributed by atoms with van der Waals surface area (Å²) in [5.41, 5.74) is 1.31. The molecule has 1 atom stereocenters. The molecular weight excluding hydrogens is 446 g/mol. The van der Waals surface area contributed by atoms with E-state index in [9.17, 15) is 13.2 Å². The SMILES string of the molecule is CCN(C(=O)[C@H](Cc1ccc(C#N)cc1)NS(=O)(=O)c1ccc2ccccc2c1)C1CCCC1. The minimum atomic E-state index is -3.94. The molecule has 1 aliphatic carbocycles. The van der Waals surface area contributed by atoms with Gasteiger partial charge in [0.15, 0.2) is 0 Å². The Morgan fingerprint density at radius 1 is 1.06 bits per heavy atom. The van der Waals surface area contributed by atoms with Gasteiger partial charge >= 0.3 is 0 Å². The summed E-state index contributed by atoms with van der Waals surface area (Å²) >= 11 is 0. The van der Waals surface area contributed by atoms with Gasteiger partial charge in [0.05, 0.1) is 16.5 Å². The van der Waals surface area contributed by atoms with Crippen LogP contribution in [0, 0.1) is 11.3 Å². The molecule has 0 bridgehead atoms. The number of carbonyl (C=O) groups is 1. The number of sulfonamides is 1. The average Bonchev–Trinajstić information content (AvgIpc) is 3.38. The molecular formula is C27H29N3O3S. The Labute approximate surface area is 201 Å². The summed E-state index contributed by atoms with van der Waals surface area (Å²) in [6.07, 6.45) is 4.26. The molecule has 4 rings (SSSR count). The fourth-order valence-electron chi connectivity index (χ4n) is 4.73. The van der Waals surface area contributed by atoms with Crippen LogP contribution in [0.3, 0.4) is 0 Å². The minimum absolute atomic E-state index is 0.132. The predicted molar refractivity (Wildman–Crippen MR) is 133 cm³/mol. The third kappa shape index (κ3) is 5.30. The van der Waals surface area contributed by atoms with Gasteiger partial charge < -0.3 is 4.90 Å². The summed E-state index contributed by atoms with van der Waals surface area (Å²) in [7, 11) is -3.94. The summed E-state index contributed by atoms with van der Waals surface area (Å²) in [4.78, 5) is 15.6. The van der Waals surface area contributed by atoms with E-state index < -0.39 is 16.1 Å². The lowest BCUT2D eigenvalue weighted by molar-refractivity contribution is -0.135. The van der Waals surface area contributed by atoms with E-state index in [0.717, 1.165) is 42.0 Å². The number of rotatable bonds is 8. The van der Waals surface area contributed by atoms with Crippen LogP contribution in [-0.2, 0) is 21.2 Å². The van der Waals surface area contributed by atoms with E-state index in [1.165, 1.54) is 0 Å². The zero-order valence-electron chi connectivity index (χ0n) is 19.3. The highest BCUT2D eigenvalue weighted by Gasteiger charge is 2.33. The number of nitrogens with zero attached hydrogens (tertiary/aromatic N) is 2. The van der Waals surface area contributed by atoms with Crippen LogP contribution in [0.15, 0.2) is 71.6 Å².